The van der Waals surface area contributed by atoms with Crippen LogP contribution in [0.2, 0.25) is 0 Å². The highest BCUT2D eigenvalue weighted by molar-refractivity contribution is 5.41. The summed E-state index contributed by atoms with van der Waals surface area (Å²) in [5.41, 5.74) is 5.16. The first kappa shape index (κ1) is 39.2. The number of hydrogen-bond donors (Lipinski definition) is 0. The van der Waals surface area contributed by atoms with Gasteiger partial charge in [-0.15, -0.1) is 0 Å². The molecule has 0 nitrogen and oxygen atoms in total. The van der Waals surface area contributed by atoms with Gasteiger partial charge in [-0.2, -0.15) is 0 Å². The second kappa shape index (κ2) is 27.7. The lowest BCUT2D eigenvalue weighted by Crippen LogP contribution is -2.10. The summed E-state index contributed by atoms with van der Waals surface area (Å²) in [5, 5.41) is 0. The monoisotopic (exact) mass is 583 g/mol. The molecule has 3 unspecified atom stereocenters. The predicted molar refractivity (Wildman–Crippen MR) is 193 cm³/mol. The Labute approximate surface area is 267 Å². The second-order valence-electron chi connectivity index (χ2n) is 14.3. The summed E-state index contributed by atoms with van der Waals surface area (Å²) in [4.78, 5) is 0. The van der Waals surface area contributed by atoms with Crippen LogP contribution in [0.1, 0.15) is 249 Å². The van der Waals surface area contributed by atoms with Gasteiger partial charge in [0.15, 0.2) is 0 Å². The smallest absolute Gasteiger partial charge is 0.0185 e. The fourth-order valence-corrected chi connectivity index (χ4v) is 7.24. The topological polar surface area (TPSA) is 0 Å². The van der Waals surface area contributed by atoms with Gasteiger partial charge in [0.2, 0.25) is 0 Å². The fourth-order valence-electron chi connectivity index (χ4n) is 7.24. The molecule has 0 aliphatic heterocycles. The molecule has 1 aromatic rings. The molecule has 0 aromatic heterocycles. The summed E-state index contributed by atoms with van der Waals surface area (Å²) < 4.78 is 0. The maximum absolute atomic E-state index is 2.57. The number of unbranched alkanes of at least 4 members (excludes halogenated alkanes) is 21. The van der Waals surface area contributed by atoms with Gasteiger partial charge in [-0.1, -0.05) is 214 Å². The minimum Gasteiger partial charge on any atom is -0.0654 e. The second-order valence-corrected chi connectivity index (χ2v) is 14.3. The Balaban J connectivity index is 2.73. The quantitative estimate of drug-likeness (QED) is 0.0791. The van der Waals surface area contributed by atoms with Crippen molar-refractivity contribution < 1.29 is 0 Å². The van der Waals surface area contributed by atoms with E-state index in [1.54, 1.807) is 16.7 Å². The largest absolute Gasteiger partial charge is 0.0654 e. The Kier molecular flexibility index (Phi) is 25.9. The fraction of sp³-hybridized carbons (Fsp3) is 0.857. The summed E-state index contributed by atoms with van der Waals surface area (Å²) in [6.07, 6.45) is 38.2. The lowest BCUT2D eigenvalue weighted by atomic mass is 9.78. The molecule has 0 aliphatic rings. The SMILES string of the molecule is CCCCCCCCCCC(C)c1cccc(C(C)CCCCCCCCCC)c1C(C)CCCCCCCCCC. The van der Waals surface area contributed by atoms with E-state index in [1.165, 1.54) is 173 Å². The van der Waals surface area contributed by atoms with E-state index in [-0.39, 0.29) is 0 Å². The third kappa shape index (κ3) is 18.8. The van der Waals surface area contributed by atoms with Crippen molar-refractivity contribution in [1.82, 2.24) is 0 Å². The molecule has 0 saturated heterocycles. The lowest BCUT2D eigenvalue weighted by molar-refractivity contribution is 0.519. The maximum Gasteiger partial charge on any atom is -0.0185 e. The van der Waals surface area contributed by atoms with Crippen LogP contribution in [0.3, 0.4) is 0 Å². The first-order valence-electron chi connectivity index (χ1n) is 19.7. The highest BCUT2D eigenvalue weighted by Crippen LogP contribution is 2.39. The Morgan fingerprint density at radius 3 is 0.929 bits per heavy atom. The van der Waals surface area contributed by atoms with E-state index in [1.807, 2.05) is 0 Å². The molecule has 0 fully saturated rings. The van der Waals surface area contributed by atoms with E-state index in [4.69, 9.17) is 0 Å². The molecule has 1 rings (SSSR count). The van der Waals surface area contributed by atoms with Gasteiger partial charge >= 0.3 is 0 Å². The molecule has 0 spiro atoms. The van der Waals surface area contributed by atoms with Gasteiger partial charge in [-0.25, -0.2) is 0 Å². The van der Waals surface area contributed by atoms with Gasteiger partial charge in [0.05, 0.1) is 0 Å². The van der Waals surface area contributed by atoms with Crippen LogP contribution < -0.4 is 0 Å². The summed E-state index contributed by atoms with van der Waals surface area (Å²) in [6.45, 7) is 14.6. The normalized spacial score (nSPS) is 13.9. The van der Waals surface area contributed by atoms with Gasteiger partial charge < -0.3 is 0 Å². The third-order valence-electron chi connectivity index (χ3n) is 10.2. The van der Waals surface area contributed by atoms with E-state index in [0.717, 1.165) is 0 Å². The van der Waals surface area contributed by atoms with Crippen LogP contribution in [-0.4, -0.2) is 0 Å². The van der Waals surface area contributed by atoms with E-state index in [9.17, 15) is 0 Å². The van der Waals surface area contributed by atoms with Crippen molar-refractivity contribution >= 4 is 0 Å². The number of hydrogen-bond acceptors (Lipinski definition) is 0. The maximum atomic E-state index is 2.57. The Hall–Kier alpha value is -0.780. The molecule has 0 N–H and O–H groups in total. The molecule has 3 atom stereocenters. The Morgan fingerprint density at radius 2 is 0.619 bits per heavy atom. The molecule has 0 aliphatic carbocycles. The Morgan fingerprint density at radius 1 is 0.357 bits per heavy atom. The van der Waals surface area contributed by atoms with Crippen molar-refractivity contribution in [3.8, 4) is 0 Å². The molecule has 0 bridgehead atoms. The predicted octanol–water partition coefficient (Wildman–Crippen LogP) is 15.6. The summed E-state index contributed by atoms with van der Waals surface area (Å²) in [7, 11) is 0. The van der Waals surface area contributed by atoms with Gasteiger partial charge in [0.1, 0.15) is 0 Å². The van der Waals surface area contributed by atoms with E-state index < -0.39 is 0 Å². The molecule has 0 amide bonds. The molecule has 42 heavy (non-hydrogen) atoms. The van der Waals surface area contributed by atoms with Crippen LogP contribution in [0.5, 0.6) is 0 Å². The molecule has 0 heteroatoms. The van der Waals surface area contributed by atoms with E-state index in [0.29, 0.717) is 17.8 Å². The number of rotatable bonds is 30. The molecule has 0 saturated carbocycles. The van der Waals surface area contributed by atoms with Crippen molar-refractivity contribution in [3.05, 3.63) is 34.9 Å². The lowest BCUT2D eigenvalue weighted by Gasteiger charge is -2.27. The zero-order valence-electron chi connectivity index (χ0n) is 30.1. The van der Waals surface area contributed by atoms with Gasteiger partial charge in [-0.3, -0.25) is 0 Å². The van der Waals surface area contributed by atoms with Crippen molar-refractivity contribution in [2.75, 3.05) is 0 Å². The minimum absolute atomic E-state index is 0.691. The highest BCUT2D eigenvalue weighted by atomic mass is 14.3. The highest BCUT2D eigenvalue weighted by Gasteiger charge is 2.21. The van der Waals surface area contributed by atoms with Crippen molar-refractivity contribution in [1.29, 1.82) is 0 Å². The zero-order valence-corrected chi connectivity index (χ0v) is 30.1. The van der Waals surface area contributed by atoms with Crippen LogP contribution in [0.4, 0.5) is 0 Å². The average Bonchev–Trinajstić information content (AvgIpc) is 3.00. The first-order valence-corrected chi connectivity index (χ1v) is 19.7. The van der Waals surface area contributed by atoms with Crippen LogP contribution in [0.25, 0.3) is 0 Å². The molecule has 246 valence electrons. The molecule has 1 aromatic carbocycles. The van der Waals surface area contributed by atoms with Gasteiger partial charge in [0, 0.05) is 0 Å². The van der Waals surface area contributed by atoms with Crippen LogP contribution in [0.15, 0.2) is 18.2 Å². The summed E-state index contributed by atoms with van der Waals surface area (Å²) >= 11 is 0. The molecular weight excluding hydrogens is 504 g/mol. The van der Waals surface area contributed by atoms with E-state index in [2.05, 4.69) is 59.7 Å². The van der Waals surface area contributed by atoms with Crippen LogP contribution >= 0.6 is 0 Å². The number of benzene rings is 1. The summed E-state index contributed by atoms with van der Waals surface area (Å²) in [5.74, 6) is 2.08. The Bertz CT molecular complexity index is 658. The van der Waals surface area contributed by atoms with Crippen molar-refractivity contribution in [2.45, 2.75) is 233 Å². The minimum atomic E-state index is 0.691. The summed E-state index contributed by atoms with van der Waals surface area (Å²) in [6, 6.07) is 7.44. The molecular formula is C42H78. The zero-order chi connectivity index (χ0) is 30.7. The van der Waals surface area contributed by atoms with Gasteiger partial charge in [-0.05, 0) is 53.7 Å². The van der Waals surface area contributed by atoms with Crippen LogP contribution in [-0.2, 0) is 0 Å². The van der Waals surface area contributed by atoms with Crippen molar-refractivity contribution in [2.24, 2.45) is 0 Å². The van der Waals surface area contributed by atoms with E-state index >= 15 is 0 Å². The van der Waals surface area contributed by atoms with Crippen LogP contribution in [0, 0.1) is 0 Å². The molecule has 0 radical (unpaired) electrons. The average molecular weight is 583 g/mol. The third-order valence-corrected chi connectivity index (χ3v) is 10.2. The van der Waals surface area contributed by atoms with Crippen molar-refractivity contribution in [3.63, 3.8) is 0 Å². The first-order chi connectivity index (χ1) is 20.6. The molecule has 0 heterocycles. The standard InChI is InChI=1S/C42H78/c1-7-10-13-16-19-22-25-28-32-37(4)40-35-31-36-41(38(5)33-29-26-23-20-17-14-11-8-2)42(40)39(6)34-30-27-24-21-18-15-12-9-3/h31,35-39H,7-30,32-34H2,1-6H3. The van der Waals surface area contributed by atoms with Gasteiger partial charge in [0.25, 0.3) is 0 Å².